The van der Waals surface area contributed by atoms with E-state index in [0.717, 1.165) is 11.5 Å². The summed E-state index contributed by atoms with van der Waals surface area (Å²) in [4.78, 5) is 10.4. The maximum absolute atomic E-state index is 12.4. The molecular formula is C13H19N7O2S. The molecule has 0 aromatic carbocycles. The Morgan fingerprint density at radius 1 is 1.17 bits per heavy atom. The smallest absolute Gasteiger partial charge is 0.260 e. The summed E-state index contributed by atoms with van der Waals surface area (Å²) in [6, 6.07) is 1.95. The highest BCUT2D eigenvalue weighted by atomic mass is 32.2. The number of piperazine rings is 1. The van der Waals surface area contributed by atoms with Crippen molar-refractivity contribution in [1.29, 1.82) is 0 Å². The Bertz CT molecular complexity index is 752. The molecule has 0 saturated carbocycles. The quantitative estimate of drug-likeness (QED) is 0.823. The highest BCUT2D eigenvalue weighted by molar-refractivity contribution is 7.89. The summed E-state index contributed by atoms with van der Waals surface area (Å²) in [5.74, 6) is 0.759. The number of aromatic nitrogens is 4. The average Bonchev–Trinajstić information content (AvgIpc) is 3.10. The molecule has 0 spiro atoms. The van der Waals surface area contributed by atoms with Gasteiger partial charge in [-0.25, -0.2) is 13.4 Å². The molecule has 9 nitrogen and oxygen atoms in total. The van der Waals surface area contributed by atoms with Gasteiger partial charge in [0.15, 0.2) is 10.8 Å². The van der Waals surface area contributed by atoms with Crippen LogP contribution < -0.4 is 9.80 Å². The van der Waals surface area contributed by atoms with E-state index >= 15 is 0 Å². The van der Waals surface area contributed by atoms with E-state index in [1.165, 1.54) is 16.8 Å². The predicted molar refractivity (Wildman–Crippen MR) is 85.9 cm³/mol. The zero-order chi connectivity index (χ0) is 16.4. The Balaban J connectivity index is 1.70. The first-order valence-corrected chi connectivity index (χ1v) is 8.66. The van der Waals surface area contributed by atoms with Crippen molar-refractivity contribution in [2.45, 2.75) is 5.03 Å². The van der Waals surface area contributed by atoms with Gasteiger partial charge < -0.3 is 14.8 Å². The topological polar surface area (TPSA) is 98.3 Å². The molecule has 1 fully saturated rings. The normalized spacial score (nSPS) is 16.5. The van der Waals surface area contributed by atoms with E-state index in [4.69, 9.17) is 0 Å². The molecule has 1 aliphatic rings. The van der Waals surface area contributed by atoms with Gasteiger partial charge in [-0.15, -0.1) is 5.10 Å². The van der Waals surface area contributed by atoms with E-state index in [9.17, 15) is 8.42 Å². The van der Waals surface area contributed by atoms with E-state index in [1.807, 2.05) is 30.0 Å². The molecule has 0 bridgehead atoms. The van der Waals surface area contributed by atoms with Crippen molar-refractivity contribution in [3.8, 4) is 0 Å². The molecule has 0 atom stereocenters. The van der Waals surface area contributed by atoms with Crippen LogP contribution in [0.25, 0.3) is 0 Å². The fourth-order valence-corrected chi connectivity index (χ4v) is 3.74. The molecule has 2 aromatic rings. The molecule has 23 heavy (non-hydrogen) atoms. The van der Waals surface area contributed by atoms with Crippen LogP contribution in [0.2, 0.25) is 0 Å². The zero-order valence-corrected chi connectivity index (χ0v) is 13.9. The van der Waals surface area contributed by atoms with Gasteiger partial charge in [0.2, 0.25) is 0 Å². The van der Waals surface area contributed by atoms with Crippen molar-refractivity contribution in [2.24, 2.45) is 0 Å². The first-order valence-electron chi connectivity index (χ1n) is 7.22. The third kappa shape index (κ3) is 3.13. The monoisotopic (exact) mass is 337 g/mol. The number of rotatable bonds is 4. The maximum atomic E-state index is 12.4. The summed E-state index contributed by atoms with van der Waals surface area (Å²) in [5, 5.41) is 8.28. The van der Waals surface area contributed by atoms with E-state index in [2.05, 4.69) is 20.2 Å². The second-order valence-electron chi connectivity index (χ2n) is 5.47. The second-order valence-corrected chi connectivity index (χ2v) is 7.38. The summed E-state index contributed by atoms with van der Waals surface area (Å²) in [7, 11) is 0.379. The molecule has 1 saturated heterocycles. The lowest BCUT2D eigenvalue weighted by Gasteiger charge is -2.34. The number of H-pyrrole nitrogens is 1. The summed E-state index contributed by atoms with van der Waals surface area (Å²) >= 11 is 0. The average molecular weight is 337 g/mol. The van der Waals surface area contributed by atoms with Crippen LogP contribution in [-0.4, -0.2) is 73.2 Å². The third-order valence-corrected chi connectivity index (χ3v) is 5.62. The number of sulfonamides is 1. The van der Waals surface area contributed by atoms with Crippen molar-refractivity contribution in [3.63, 3.8) is 0 Å². The minimum atomic E-state index is -3.50. The number of hydrogen-bond acceptors (Lipinski definition) is 7. The van der Waals surface area contributed by atoms with Gasteiger partial charge in [0.1, 0.15) is 0 Å². The number of aromatic amines is 1. The maximum Gasteiger partial charge on any atom is 0.260 e. The first-order chi connectivity index (χ1) is 11.0. The number of nitrogens with zero attached hydrogens (tertiary/aromatic N) is 6. The molecule has 0 radical (unpaired) electrons. The Hall–Kier alpha value is -2.20. The summed E-state index contributed by atoms with van der Waals surface area (Å²) in [6.45, 7) is 1.93. The summed E-state index contributed by atoms with van der Waals surface area (Å²) in [5.41, 5.74) is 0.961. The standard InChI is InChI=1S/C13H19N7O2S/c1-18(2)11-7-12(17-16-8-11)19-3-5-20(6-4-19)23(21,22)13-9-14-10-15-13/h7-10H,3-6H2,1-2H3,(H,14,15). The number of hydrogen-bond donors (Lipinski definition) is 1. The summed E-state index contributed by atoms with van der Waals surface area (Å²) < 4.78 is 26.3. The van der Waals surface area contributed by atoms with Crippen molar-refractivity contribution < 1.29 is 8.42 Å². The van der Waals surface area contributed by atoms with Crippen LogP contribution in [-0.2, 0) is 10.0 Å². The Labute approximate surface area is 135 Å². The number of nitrogens with one attached hydrogen (secondary N) is 1. The van der Waals surface area contributed by atoms with E-state index in [1.54, 1.807) is 6.20 Å². The van der Waals surface area contributed by atoms with Crippen molar-refractivity contribution >= 4 is 21.5 Å². The fraction of sp³-hybridized carbons (Fsp3) is 0.462. The largest absolute Gasteiger partial charge is 0.376 e. The van der Waals surface area contributed by atoms with Crippen LogP contribution in [0, 0.1) is 0 Å². The molecule has 1 aliphatic heterocycles. The zero-order valence-electron chi connectivity index (χ0n) is 13.0. The minimum Gasteiger partial charge on any atom is -0.376 e. The minimum absolute atomic E-state index is 0.125. The van der Waals surface area contributed by atoms with Crippen molar-refractivity contribution in [1.82, 2.24) is 24.5 Å². The lowest BCUT2D eigenvalue weighted by atomic mass is 10.3. The van der Waals surface area contributed by atoms with Crippen LogP contribution in [0.5, 0.6) is 0 Å². The van der Waals surface area contributed by atoms with E-state index in [-0.39, 0.29) is 5.03 Å². The van der Waals surface area contributed by atoms with Crippen LogP contribution in [0.15, 0.2) is 29.8 Å². The van der Waals surface area contributed by atoms with Crippen LogP contribution in [0.4, 0.5) is 11.5 Å². The molecule has 2 aromatic heterocycles. The van der Waals surface area contributed by atoms with Gasteiger partial charge in [-0.1, -0.05) is 0 Å². The number of imidazole rings is 1. The van der Waals surface area contributed by atoms with Gasteiger partial charge in [-0.3, -0.25) is 0 Å². The van der Waals surface area contributed by atoms with E-state index < -0.39 is 10.0 Å². The highest BCUT2D eigenvalue weighted by Gasteiger charge is 2.30. The van der Waals surface area contributed by atoms with Gasteiger partial charge in [-0.05, 0) is 0 Å². The highest BCUT2D eigenvalue weighted by Crippen LogP contribution is 2.20. The SMILES string of the molecule is CN(C)c1cnnc(N2CCN(S(=O)(=O)c3cnc[nH]3)CC2)c1. The van der Waals surface area contributed by atoms with E-state index in [0.29, 0.717) is 26.2 Å². The van der Waals surface area contributed by atoms with Crippen LogP contribution >= 0.6 is 0 Å². The fourth-order valence-electron chi connectivity index (χ4n) is 2.43. The van der Waals surface area contributed by atoms with Gasteiger partial charge in [-0.2, -0.15) is 9.40 Å². The molecular weight excluding hydrogens is 318 g/mol. The Morgan fingerprint density at radius 2 is 1.91 bits per heavy atom. The molecule has 0 amide bonds. The lowest BCUT2D eigenvalue weighted by molar-refractivity contribution is 0.382. The molecule has 1 N–H and O–H groups in total. The number of anilines is 2. The van der Waals surface area contributed by atoms with Crippen molar-refractivity contribution in [3.05, 3.63) is 24.8 Å². The van der Waals surface area contributed by atoms with Gasteiger partial charge in [0, 0.05) is 46.3 Å². The first kappa shape index (κ1) is 15.7. The predicted octanol–water partition coefficient (Wildman–Crippen LogP) is -0.223. The van der Waals surface area contributed by atoms with Crippen molar-refractivity contribution in [2.75, 3.05) is 50.1 Å². The molecule has 3 rings (SSSR count). The molecule has 3 heterocycles. The third-order valence-electron chi connectivity index (χ3n) is 3.80. The van der Waals surface area contributed by atoms with Crippen LogP contribution in [0.1, 0.15) is 0 Å². The lowest BCUT2D eigenvalue weighted by Crippen LogP contribution is -2.49. The molecule has 0 unspecified atom stereocenters. The van der Waals surface area contributed by atoms with Crippen LogP contribution in [0.3, 0.4) is 0 Å². The molecule has 10 heteroatoms. The molecule has 0 aliphatic carbocycles. The van der Waals surface area contributed by atoms with Gasteiger partial charge >= 0.3 is 0 Å². The van der Waals surface area contributed by atoms with Gasteiger partial charge in [0.05, 0.1) is 24.4 Å². The van der Waals surface area contributed by atoms with Gasteiger partial charge in [0.25, 0.3) is 10.0 Å². The molecule has 124 valence electrons. The Morgan fingerprint density at radius 3 is 2.52 bits per heavy atom. The Kier molecular flexibility index (Phi) is 4.18. The summed E-state index contributed by atoms with van der Waals surface area (Å²) in [6.07, 6.45) is 4.39. The second kappa shape index (κ2) is 6.13.